The number of hydrogen-bond donors (Lipinski definition) is 2. The van der Waals surface area contributed by atoms with E-state index in [1.807, 2.05) is 6.07 Å². The van der Waals surface area contributed by atoms with E-state index in [4.69, 9.17) is 10.8 Å². The van der Waals surface area contributed by atoms with Crippen molar-refractivity contribution in [2.75, 3.05) is 5.73 Å². The van der Waals surface area contributed by atoms with E-state index >= 15 is 0 Å². The standard InChI is InChI=1S/C12H17NO2/c1-3-8(4-2)10-6-5-9(12(14)15)7-11(10)13/h5-8H,3-4,13H2,1-2H3,(H,14,15). The highest BCUT2D eigenvalue weighted by molar-refractivity contribution is 5.89. The molecule has 0 aromatic heterocycles. The summed E-state index contributed by atoms with van der Waals surface area (Å²) in [5.41, 5.74) is 7.75. The van der Waals surface area contributed by atoms with Gasteiger partial charge >= 0.3 is 5.97 Å². The molecule has 0 aliphatic heterocycles. The number of nitrogen functional groups attached to an aromatic ring is 1. The maximum atomic E-state index is 10.7. The number of nitrogens with two attached hydrogens (primary N) is 1. The molecule has 0 saturated heterocycles. The van der Waals surface area contributed by atoms with Crippen LogP contribution in [0.1, 0.15) is 48.5 Å². The van der Waals surface area contributed by atoms with E-state index in [9.17, 15) is 4.79 Å². The molecule has 0 unspecified atom stereocenters. The zero-order chi connectivity index (χ0) is 11.4. The van der Waals surface area contributed by atoms with Gasteiger partial charge < -0.3 is 10.8 Å². The first-order valence-electron chi connectivity index (χ1n) is 5.22. The molecule has 0 bridgehead atoms. The lowest BCUT2D eigenvalue weighted by atomic mass is 9.92. The fourth-order valence-corrected chi connectivity index (χ4v) is 1.81. The van der Waals surface area contributed by atoms with Gasteiger partial charge in [0.15, 0.2) is 0 Å². The number of anilines is 1. The number of benzene rings is 1. The molecule has 0 atom stereocenters. The minimum atomic E-state index is -0.933. The number of rotatable bonds is 4. The first kappa shape index (κ1) is 11.6. The average molecular weight is 207 g/mol. The number of carbonyl (C=O) groups is 1. The lowest BCUT2D eigenvalue weighted by Crippen LogP contribution is -2.04. The Balaban J connectivity index is 3.07. The first-order valence-corrected chi connectivity index (χ1v) is 5.22. The third kappa shape index (κ3) is 2.49. The normalized spacial score (nSPS) is 10.6. The van der Waals surface area contributed by atoms with Gasteiger partial charge in [0.25, 0.3) is 0 Å². The van der Waals surface area contributed by atoms with Crippen LogP contribution in [0.15, 0.2) is 18.2 Å². The summed E-state index contributed by atoms with van der Waals surface area (Å²) >= 11 is 0. The minimum Gasteiger partial charge on any atom is -0.478 e. The maximum Gasteiger partial charge on any atom is 0.335 e. The van der Waals surface area contributed by atoms with Gasteiger partial charge in [-0.05, 0) is 36.5 Å². The van der Waals surface area contributed by atoms with Crippen LogP contribution >= 0.6 is 0 Å². The van der Waals surface area contributed by atoms with Crippen molar-refractivity contribution in [2.24, 2.45) is 0 Å². The summed E-state index contributed by atoms with van der Waals surface area (Å²) in [6.45, 7) is 4.22. The molecule has 0 fully saturated rings. The minimum absolute atomic E-state index is 0.252. The van der Waals surface area contributed by atoms with E-state index in [0.717, 1.165) is 18.4 Å². The average Bonchev–Trinajstić information content (AvgIpc) is 2.21. The van der Waals surface area contributed by atoms with Gasteiger partial charge in [-0.3, -0.25) is 0 Å². The Morgan fingerprint density at radius 3 is 2.40 bits per heavy atom. The maximum absolute atomic E-state index is 10.7. The van der Waals surface area contributed by atoms with E-state index in [1.54, 1.807) is 6.07 Å². The Labute approximate surface area is 89.9 Å². The zero-order valence-corrected chi connectivity index (χ0v) is 9.16. The van der Waals surface area contributed by atoms with Crippen LogP contribution in [0.25, 0.3) is 0 Å². The highest BCUT2D eigenvalue weighted by Crippen LogP contribution is 2.28. The molecular formula is C12H17NO2. The van der Waals surface area contributed by atoms with Crippen LogP contribution in [0.5, 0.6) is 0 Å². The fourth-order valence-electron chi connectivity index (χ4n) is 1.81. The second-order valence-corrected chi connectivity index (χ2v) is 3.66. The van der Waals surface area contributed by atoms with Crippen molar-refractivity contribution in [1.82, 2.24) is 0 Å². The molecule has 0 heterocycles. The quantitative estimate of drug-likeness (QED) is 0.746. The Hall–Kier alpha value is -1.51. The smallest absolute Gasteiger partial charge is 0.335 e. The predicted molar refractivity (Wildman–Crippen MR) is 61.1 cm³/mol. The van der Waals surface area contributed by atoms with Crippen molar-refractivity contribution >= 4 is 11.7 Å². The van der Waals surface area contributed by atoms with Crippen LogP contribution in [0.4, 0.5) is 5.69 Å². The molecule has 82 valence electrons. The Bertz CT molecular complexity index is 357. The molecule has 0 saturated carbocycles. The Morgan fingerprint density at radius 1 is 1.40 bits per heavy atom. The molecule has 3 nitrogen and oxygen atoms in total. The SMILES string of the molecule is CCC(CC)c1ccc(C(=O)O)cc1N. The highest BCUT2D eigenvalue weighted by Gasteiger charge is 2.12. The number of hydrogen-bond acceptors (Lipinski definition) is 2. The van der Waals surface area contributed by atoms with Crippen LogP contribution in [-0.4, -0.2) is 11.1 Å². The highest BCUT2D eigenvalue weighted by atomic mass is 16.4. The second-order valence-electron chi connectivity index (χ2n) is 3.66. The molecule has 3 heteroatoms. The number of aromatic carboxylic acids is 1. The van der Waals surface area contributed by atoms with E-state index < -0.39 is 5.97 Å². The summed E-state index contributed by atoms with van der Waals surface area (Å²) in [5, 5.41) is 8.80. The second kappa shape index (κ2) is 4.82. The van der Waals surface area contributed by atoms with Gasteiger partial charge in [-0.2, -0.15) is 0 Å². The summed E-state index contributed by atoms with van der Waals surface area (Å²) < 4.78 is 0. The Morgan fingerprint density at radius 2 is 2.00 bits per heavy atom. The van der Waals surface area contributed by atoms with Gasteiger partial charge in [0.05, 0.1) is 5.56 Å². The molecule has 1 aromatic carbocycles. The molecular weight excluding hydrogens is 190 g/mol. The van der Waals surface area contributed by atoms with Crippen LogP contribution in [-0.2, 0) is 0 Å². The van der Waals surface area contributed by atoms with Crippen LogP contribution in [0, 0.1) is 0 Å². The molecule has 15 heavy (non-hydrogen) atoms. The molecule has 0 aliphatic rings. The van der Waals surface area contributed by atoms with Gasteiger partial charge in [0.1, 0.15) is 0 Å². The molecule has 1 rings (SSSR count). The first-order chi connectivity index (χ1) is 7.10. The fraction of sp³-hybridized carbons (Fsp3) is 0.417. The van der Waals surface area contributed by atoms with Gasteiger partial charge in [0, 0.05) is 5.69 Å². The van der Waals surface area contributed by atoms with Crippen molar-refractivity contribution in [2.45, 2.75) is 32.6 Å². The van der Waals surface area contributed by atoms with Crippen molar-refractivity contribution in [1.29, 1.82) is 0 Å². The van der Waals surface area contributed by atoms with E-state index in [0.29, 0.717) is 11.6 Å². The lowest BCUT2D eigenvalue weighted by molar-refractivity contribution is 0.0697. The Kier molecular flexibility index (Phi) is 3.72. The van der Waals surface area contributed by atoms with Gasteiger partial charge in [-0.15, -0.1) is 0 Å². The molecule has 0 spiro atoms. The van der Waals surface area contributed by atoms with Crippen LogP contribution in [0.3, 0.4) is 0 Å². The van der Waals surface area contributed by atoms with E-state index in [-0.39, 0.29) is 5.56 Å². The van der Waals surface area contributed by atoms with Crippen molar-refractivity contribution in [3.8, 4) is 0 Å². The molecule has 0 amide bonds. The molecule has 0 aliphatic carbocycles. The van der Waals surface area contributed by atoms with Crippen molar-refractivity contribution < 1.29 is 9.90 Å². The van der Waals surface area contributed by atoms with Crippen molar-refractivity contribution in [3.63, 3.8) is 0 Å². The lowest BCUT2D eigenvalue weighted by Gasteiger charge is -2.15. The van der Waals surface area contributed by atoms with Gasteiger partial charge in [-0.1, -0.05) is 19.9 Å². The monoisotopic (exact) mass is 207 g/mol. The molecule has 0 radical (unpaired) electrons. The third-order valence-electron chi connectivity index (χ3n) is 2.76. The largest absolute Gasteiger partial charge is 0.478 e. The number of carboxylic acids is 1. The molecule has 3 N–H and O–H groups in total. The van der Waals surface area contributed by atoms with E-state index in [1.165, 1.54) is 6.07 Å². The zero-order valence-electron chi connectivity index (χ0n) is 9.16. The summed E-state index contributed by atoms with van der Waals surface area (Å²) in [5.74, 6) is -0.509. The third-order valence-corrected chi connectivity index (χ3v) is 2.76. The van der Waals surface area contributed by atoms with Crippen molar-refractivity contribution in [3.05, 3.63) is 29.3 Å². The topological polar surface area (TPSA) is 63.3 Å². The molecule has 1 aromatic rings. The van der Waals surface area contributed by atoms with E-state index in [2.05, 4.69) is 13.8 Å². The predicted octanol–water partition coefficient (Wildman–Crippen LogP) is 2.87. The summed E-state index contributed by atoms with van der Waals surface area (Å²) in [6, 6.07) is 4.98. The van der Waals surface area contributed by atoms with Crippen LogP contribution in [0.2, 0.25) is 0 Å². The van der Waals surface area contributed by atoms with Crippen LogP contribution < -0.4 is 5.73 Å². The van der Waals surface area contributed by atoms with Gasteiger partial charge in [0.2, 0.25) is 0 Å². The summed E-state index contributed by atoms with van der Waals surface area (Å²) in [7, 11) is 0. The number of carboxylic acid groups (broad SMARTS) is 1. The summed E-state index contributed by atoms with van der Waals surface area (Å²) in [6.07, 6.45) is 2.04. The summed E-state index contributed by atoms with van der Waals surface area (Å²) in [4.78, 5) is 10.7. The van der Waals surface area contributed by atoms with Gasteiger partial charge in [-0.25, -0.2) is 4.79 Å².